The van der Waals surface area contributed by atoms with Gasteiger partial charge in [-0.15, -0.1) is 5.10 Å². The van der Waals surface area contributed by atoms with E-state index in [1.54, 1.807) is 35.0 Å². The molecule has 174 valence electrons. The summed E-state index contributed by atoms with van der Waals surface area (Å²) in [6.07, 6.45) is 4.49. The molecule has 0 aliphatic carbocycles. The molecule has 0 bridgehead atoms. The molecule has 0 radical (unpaired) electrons. The largest absolute Gasteiger partial charge is 0.449 e. The van der Waals surface area contributed by atoms with Crippen molar-refractivity contribution in [2.24, 2.45) is 5.73 Å². The number of aromatic nitrogens is 7. The number of amides is 1. The number of carbonyl (C=O) groups excluding carboxylic acids is 1. The molecular formula is C23H17ClN8O3. The van der Waals surface area contributed by atoms with Crippen molar-refractivity contribution in [1.82, 2.24) is 34.7 Å². The zero-order chi connectivity index (χ0) is 24.1. The summed E-state index contributed by atoms with van der Waals surface area (Å²) < 4.78 is 8.75. The molecule has 6 rings (SSSR count). The molecule has 12 heteroatoms. The van der Waals surface area contributed by atoms with E-state index in [4.69, 9.17) is 21.8 Å². The van der Waals surface area contributed by atoms with Crippen LogP contribution in [-0.4, -0.2) is 40.6 Å². The highest BCUT2D eigenvalue weighted by molar-refractivity contribution is 6.31. The smallest absolute Gasteiger partial charge is 0.284 e. The predicted octanol–water partition coefficient (Wildman–Crippen LogP) is 2.76. The van der Waals surface area contributed by atoms with Gasteiger partial charge in [0.2, 0.25) is 0 Å². The molecule has 0 unspecified atom stereocenters. The molecule has 3 N–H and O–H groups in total. The number of imidazole rings is 1. The molecule has 5 heterocycles. The van der Waals surface area contributed by atoms with Crippen LogP contribution in [0, 0.1) is 0 Å². The number of primary amides is 1. The fraction of sp³-hybridized carbons (Fsp3) is 0.130. The lowest BCUT2D eigenvalue weighted by Gasteiger charge is -2.15. The highest BCUT2D eigenvalue weighted by Crippen LogP contribution is 2.34. The van der Waals surface area contributed by atoms with E-state index in [0.29, 0.717) is 40.8 Å². The lowest BCUT2D eigenvalue weighted by Crippen LogP contribution is -2.23. The Morgan fingerprint density at radius 1 is 1.20 bits per heavy atom. The fourth-order valence-electron chi connectivity index (χ4n) is 4.47. The van der Waals surface area contributed by atoms with Crippen LogP contribution in [0.3, 0.4) is 0 Å². The Labute approximate surface area is 202 Å². The van der Waals surface area contributed by atoms with Gasteiger partial charge in [0.05, 0.1) is 17.9 Å². The number of furan rings is 1. The molecule has 1 atom stereocenters. The van der Waals surface area contributed by atoms with Crippen LogP contribution in [0.5, 0.6) is 0 Å². The third-order valence-corrected chi connectivity index (χ3v) is 6.26. The maximum Gasteiger partial charge on any atom is 0.284 e. The van der Waals surface area contributed by atoms with Crippen LogP contribution >= 0.6 is 11.6 Å². The third-order valence-electron chi connectivity index (χ3n) is 6.02. The second-order valence-electron chi connectivity index (χ2n) is 8.12. The lowest BCUT2D eigenvalue weighted by molar-refractivity contribution is 0.0974. The number of hydrogen-bond acceptors (Lipinski definition) is 7. The van der Waals surface area contributed by atoms with Gasteiger partial charge in [-0.05, 0) is 65.2 Å². The zero-order valence-corrected chi connectivity index (χ0v) is 18.8. The van der Waals surface area contributed by atoms with Gasteiger partial charge >= 0.3 is 0 Å². The van der Waals surface area contributed by atoms with E-state index in [-0.39, 0.29) is 17.4 Å². The van der Waals surface area contributed by atoms with Crippen molar-refractivity contribution in [2.75, 3.05) is 0 Å². The number of pyridine rings is 1. The third kappa shape index (κ3) is 3.62. The van der Waals surface area contributed by atoms with Crippen molar-refractivity contribution >= 4 is 17.5 Å². The quantitative estimate of drug-likeness (QED) is 0.386. The average molecular weight is 489 g/mol. The Hall–Kier alpha value is -4.51. The van der Waals surface area contributed by atoms with E-state index in [1.807, 2.05) is 12.1 Å². The van der Waals surface area contributed by atoms with Gasteiger partial charge in [0.1, 0.15) is 17.8 Å². The highest BCUT2D eigenvalue weighted by Gasteiger charge is 2.28. The maximum atomic E-state index is 13.3. The molecule has 1 aliphatic heterocycles. The van der Waals surface area contributed by atoms with Crippen molar-refractivity contribution in [3.8, 4) is 28.3 Å². The minimum absolute atomic E-state index is 0.0631. The van der Waals surface area contributed by atoms with Gasteiger partial charge < -0.3 is 19.7 Å². The molecule has 0 saturated heterocycles. The van der Waals surface area contributed by atoms with Gasteiger partial charge in [0.15, 0.2) is 11.5 Å². The molecule has 1 amide bonds. The molecular weight excluding hydrogens is 472 g/mol. The van der Waals surface area contributed by atoms with Crippen molar-refractivity contribution < 1.29 is 9.21 Å². The van der Waals surface area contributed by atoms with Gasteiger partial charge in [0, 0.05) is 22.3 Å². The number of nitrogens with one attached hydrogen (secondary N) is 1. The Balaban J connectivity index is 1.37. The van der Waals surface area contributed by atoms with E-state index >= 15 is 0 Å². The number of fused-ring (bicyclic) bond motifs is 1. The minimum atomic E-state index is -0.647. The van der Waals surface area contributed by atoms with E-state index in [1.165, 1.54) is 17.1 Å². The van der Waals surface area contributed by atoms with E-state index < -0.39 is 5.91 Å². The first kappa shape index (κ1) is 21.1. The second-order valence-corrected chi connectivity index (χ2v) is 8.56. The molecule has 1 aliphatic rings. The Morgan fingerprint density at radius 3 is 2.86 bits per heavy atom. The minimum Gasteiger partial charge on any atom is -0.449 e. The van der Waals surface area contributed by atoms with Gasteiger partial charge in [-0.25, -0.2) is 4.98 Å². The van der Waals surface area contributed by atoms with Gasteiger partial charge in [-0.3, -0.25) is 9.59 Å². The van der Waals surface area contributed by atoms with Crippen LogP contribution in [0.25, 0.3) is 28.3 Å². The molecule has 0 fully saturated rings. The topological polar surface area (TPSA) is 151 Å². The highest BCUT2D eigenvalue weighted by atomic mass is 35.5. The normalized spacial score (nSPS) is 14.8. The van der Waals surface area contributed by atoms with Crippen LogP contribution in [0.4, 0.5) is 0 Å². The fourth-order valence-corrected chi connectivity index (χ4v) is 4.64. The number of benzene rings is 1. The van der Waals surface area contributed by atoms with Crippen LogP contribution in [0.1, 0.15) is 34.5 Å². The van der Waals surface area contributed by atoms with Crippen LogP contribution in [0.2, 0.25) is 5.02 Å². The van der Waals surface area contributed by atoms with Gasteiger partial charge in [-0.2, -0.15) is 4.68 Å². The monoisotopic (exact) mass is 488 g/mol. The Bertz CT molecular complexity index is 1630. The Kier molecular flexibility index (Phi) is 4.85. The molecule has 35 heavy (non-hydrogen) atoms. The summed E-state index contributed by atoms with van der Waals surface area (Å²) in [6, 6.07) is 11.8. The molecule has 1 aromatic carbocycles. The molecule has 0 saturated carbocycles. The molecule has 5 aromatic rings. The van der Waals surface area contributed by atoms with Crippen molar-refractivity contribution in [3.63, 3.8) is 0 Å². The van der Waals surface area contributed by atoms with Gasteiger partial charge in [0.25, 0.3) is 11.5 Å². The maximum absolute atomic E-state index is 13.3. The second kappa shape index (κ2) is 8.06. The summed E-state index contributed by atoms with van der Waals surface area (Å²) >= 11 is 6.27. The van der Waals surface area contributed by atoms with Crippen molar-refractivity contribution in [3.05, 3.63) is 87.6 Å². The van der Waals surface area contributed by atoms with E-state index in [9.17, 15) is 9.59 Å². The first-order valence-corrected chi connectivity index (χ1v) is 11.1. The number of nitrogens with zero attached hydrogens (tertiary/aromatic N) is 6. The van der Waals surface area contributed by atoms with Crippen LogP contribution in [-0.2, 0) is 6.42 Å². The summed E-state index contributed by atoms with van der Waals surface area (Å²) in [7, 11) is 0. The summed E-state index contributed by atoms with van der Waals surface area (Å²) in [4.78, 5) is 32.3. The molecule has 11 nitrogen and oxygen atoms in total. The predicted molar refractivity (Wildman–Crippen MR) is 125 cm³/mol. The first-order chi connectivity index (χ1) is 17.0. The van der Waals surface area contributed by atoms with Crippen LogP contribution < -0.4 is 11.3 Å². The van der Waals surface area contributed by atoms with E-state index in [0.717, 1.165) is 16.8 Å². The molecule has 4 aromatic heterocycles. The number of nitrogens with two attached hydrogens (primary N) is 1. The van der Waals surface area contributed by atoms with Crippen molar-refractivity contribution in [1.29, 1.82) is 0 Å². The number of tetrazole rings is 1. The Morgan fingerprint density at radius 2 is 2.09 bits per heavy atom. The van der Waals surface area contributed by atoms with Crippen LogP contribution in [0.15, 0.2) is 64.2 Å². The average Bonchev–Trinajstić information content (AvgIpc) is 3.64. The number of hydrogen-bond donors (Lipinski definition) is 2. The van der Waals surface area contributed by atoms with Crippen molar-refractivity contribution in [2.45, 2.75) is 18.9 Å². The summed E-state index contributed by atoms with van der Waals surface area (Å²) in [6.45, 7) is 0. The standard InChI is InChI=1S/C23H17ClN8O3/c24-13-1-3-17(31-11-27-29-30-31)15(9-13)12-7-14-2-4-18(32(14)21(33)8-12)23-26-10-16(28-23)19-5-6-20(35-19)22(25)34/h1,3,5-11,18H,2,4H2,(H2,25,34)(H,26,28)/t18-/m0/s1. The zero-order valence-electron chi connectivity index (χ0n) is 18.1. The molecule has 0 spiro atoms. The summed E-state index contributed by atoms with van der Waals surface area (Å²) in [5, 5.41) is 11.9. The summed E-state index contributed by atoms with van der Waals surface area (Å²) in [5.41, 5.74) is 8.77. The SMILES string of the molecule is NC(=O)c1ccc(-c2cnc([C@@H]3CCc4cc(-c5cc(Cl)ccc5-n5cnnn5)cc(=O)n43)[nH]2)o1. The van der Waals surface area contributed by atoms with Gasteiger partial charge in [-0.1, -0.05) is 11.6 Å². The van der Waals surface area contributed by atoms with E-state index in [2.05, 4.69) is 25.5 Å². The number of aromatic amines is 1. The number of aryl methyl sites for hydroxylation is 1. The summed E-state index contributed by atoms with van der Waals surface area (Å²) in [5.74, 6) is 0.483. The number of rotatable bonds is 5. The lowest BCUT2D eigenvalue weighted by atomic mass is 10.0. The number of halogens is 1. The number of carbonyl (C=O) groups is 1. The number of H-pyrrole nitrogens is 1. The first-order valence-electron chi connectivity index (χ1n) is 10.7.